The standard InChI is InChI=1S/C21H22ClN3O2S/c1-15-6-8-16(9-7-15)20-23-24-21(27-20)28-14-18-13-25(10-11-26-18)12-17-4-2-3-5-19(17)22/h2-9,18H,10-14H2,1H3/p+1/t18-/m1/s1. The van der Waals surface area contributed by atoms with Crippen LogP contribution in [0.15, 0.2) is 58.2 Å². The van der Waals surface area contributed by atoms with Crippen molar-refractivity contribution in [3.05, 3.63) is 64.7 Å². The second-order valence-electron chi connectivity index (χ2n) is 7.02. The van der Waals surface area contributed by atoms with Gasteiger partial charge in [-0.15, -0.1) is 10.2 Å². The van der Waals surface area contributed by atoms with Crippen molar-refractivity contribution in [2.75, 3.05) is 25.4 Å². The first-order valence-electron chi connectivity index (χ1n) is 9.39. The molecule has 146 valence electrons. The fourth-order valence-electron chi connectivity index (χ4n) is 3.28. The topological polar surface area (TPSA) is 52.6 Å². The van der Waals surface area contributed by atoms with Gasteiger partial charge in [0.1, 0.15) is 25.7 Å². The van der Waals surface area contributed by atoms with Crippen molar-refractivity contribution < 1.29 is 14.1 Å². The summed E-state index contributed by atoms with van der Waals surface area (Å²) in [7, 11) is 0. The van der Waals surface area contributed by atoms with E-state index in [-0.39, 0.29) is 6.10 Å². The molecule has 4 rings (SSSR count). The third kappa shape index (κ3) is 4.94. The number of aromatic nitrogens is 2. The Morgan fingerprint density at radius 2 is 1.96 bits per heavy atom. The summed E-state index contributed by atoms with van der Waals surface area (Å²) in [4.78, 5) is 1.48. The number of benzene rings is 2. The number of hydrogen-bond donors (Lipinski definition) is 1. The molecule has 2 aromatic carbocycles. The molecule has 3 aromatic rings. The van der Waals surface area contributed by atoms with Crippen molar-refractivity contribution in [2.45, 2.75) is 24.8 Å². The lowest BCUT2D eigenvalue weighted by Gasteiger charge is -2.30. The van der Waals surface area contributed by atoms with Crippen LogP contribution < -0.4 is 4.90 Å². The minimum absolute atomic E-state index is 0.158. The van der Waals surface area contributed by atoms with E-state index >= 15 is 0 Å². The highest BCUT2D eigenvalue weighted by Gasteiger charge is 2.25. The second-order valence-corrected chi connectivity index (χ2v) is 8.39. The Bertz CT molecular complexity index is 916. The van der Waals surface area contributed by atoms with E-state index in [2.05, 4.69) is 23.2 Å². The highest BCUT2D eigenvalue weighted by atomic mass is 35.5. The molecule has 7 heteroatoms. The molecule has 1 fully saturated rings. The second kappa shape index (κ2) is 9.09. The van der Waals surface area contributed by atoms with Gasteiger partial charge in [0, 0.05) is 21.9 Å². The maximum absolute atomic E-state index is 6.31. The van der Waals surface area contributed by atoms with E-state index < -0.39 is 0 Å². The van der Waals surface area contributed by atoms with Crippen molar-refractivity contribution in [1.82, 2.24) is 10.2 Å². The Kier molecular flexibility index (Phi) is 6.32. The number of quaternary nitrogens is 1. The van der Waals surface area contributed by atoms with E-state index in [1.165, 1.54) is 16.0 Å². The third-order valence-corrected chi connectivity index (χ3v) is 6.14. The summed E-state index contributed by atoms with van der Waals surface area (Å²) in [5, 5.41) is 9.74. The zero-order valence-corrected chi connectivity index (χ0v) is 17.3. The summed E-state index contributed by atoms with van der Waals surface area (Å²) in [6, 6.07) is 16.1. The first kappa shape index (κ1) is 19.5. The van der Waals surface area contributed by atoms with E-state index in [1.807, 2.05) is 42.5 Å². The van der Waals surface area contributed by atoms with Crippen LogP contribution in [0.4, 0.5) is 0 Å². The van der Waals surface area contributed by atoms with E-state index in [4.69, 9.17) is 20.8 Å². The van der Waals surface area contributed by atoms with Crippen LogP contribution in [0.3, 0.4) is 0 Å². The van der Waals surface area contributed by atoms with Crippen LogP contribution in [0.1, 0.15) is 11.1 Å². The van der Waals surface area contributed by atoms with Crippen LogP contribution in [-0.4, -0.2) is 41.8 Å². The van der Waals surface area contributed by atoms with Crippen molar-refractivity contribution in [3.8, 4) is 11.5 Å². The number of aryl methyl sites for hydroxylation is 1. The Hall–Kier alpha value is -1.86. The summed E-state index contributed by atoms with van der Waals surface area (Å²) in [5.74, 6) is 1.35. The zero-order chi connectivity index (χ0) is 19.3. The number of thioether (sulfide) groups is 1. The maximum atomic E-state index is 6.31. The molecule has 0 spiro atoms. The van der Waals surface area contributed by atoms with Crippen LogP contribution in [-0.2, 0) is 11.3 Å². The van der Waals surface area contributed by atoms with E-state index in [9.17, 15) is 0 Å². The van der Waals surface area contributed by atoms with E-state index in [1.54, 1.807) is 11.8 Å². The number of halogens is 1. The molecule has 1 aliphatic rings. The zero-order valence-electron chi connectivity index (χ0n) is 15.7. The van der Waals surface area contributed by atoms with Gasteiger partial charge >= 0.3 is 0 Å². The lowest BCUT2D eigenvalue weighted by atomic mass is 10.1. The molecule has 28 heavy (non-hydrogen) atoms. The summed E-state index contributed by atoms with van der Waals surface area (Å²) in [6.07, 6.45) is 0.158. The predicted octanol–water partition coefficient (Wildman–Crippen LogP) is 3.27. The Labute approximate surface area is 174 Å². The molecule has 0 bridgehead atoms. The average Bonchev–Trinajstić information content (AvgIpc) is 3.18. The SMILES string of the molecule is Cc1ccc(-c2nnc(SC[C@H]3C[NH+](Cc4ccccc4Cl)CCO3)o2)cc1. The number of hydrogen-bond acceptors (Lipinski definition) is 5. The summed E-state index contributed by atoms with van der Waals surface area (Å²) in [6.45, 7) is 5.66. The number of nitrogens with one attached hydrogen (secondary N) is 1. The van der Waals surface area contributed by atoms with Crippen LogP contribution in [0, 0.1) is 6.92 Å². The van der Waals surface area contributed by atoms with E-state index in [0.29, 0.717) is 11.1 Å². The molecule has 2 heterocycles. The quantitative estimate of drug-likeness (QED) is 0.625. The highest BCUT2D eigenvalue weighted by molar-refractivity contribution is 7.99. The number of ether oxygens (including phenoxy) is 1. The van der Waals surface area contributed by atoms with Gasteiger partial charge in [-0.2, -0.15) is 0 Å². The first-order chi connectivity index (χ1) is 13.7. The highest BCUT2D eigenvalue weighted by Crippen LogP contribution is 2.24. The number of morpholine rings is 1. The Balaban J connectivity index is 1.31. The van der Waals surface area contributed by atoms with Gasteiger partial charge in [-0.05, 0) is 25.1 Å². The third-order valence-electron chi connectivity index (χ3n) is 4.82. The van der Waals surface area contributed by atoms with Gasteiger partial charge in [-0.1, -0.05) is 59.3 Å². The summed E-state index contributed by atoms with van der Waals surface area (Å²) < 4.78 is 11.7. The molecule has 0 amide bonds. The number of nitrogens with zero attached hydrogens (tertiary/aromatic N) is 2. The van der Waals surface area contributed by atoms with Crippen molar-refractivity contribution in [1.29, 1.82) is 0 Å². The van der Waals surface area contributed by atoms with Crippen molar-refractivity contribution in [3.63, 3.8) is 0 Å². The molecular formula is C21H23ClN3O2S+. The van der Waals surface area contributed by atoms with Gasteiger partial charge in [-0.3, -0.25) is 0 Å². The number of rotatable bonds is 6. The minimum atomic E-state index is 0.158. The molecule has 1 aromatic heterocycles. The summed E-state index contributed by atoms with van der Waals surface area (Å²) >= 11 is 7.86. The van der Waals surface area contributed by atoms with Gasteiger partial charge < -0.3 is 14.1 Å². The van der Waals surface area contributed by atoms with Gasteiger partial charge in [0.15, 0.2) is 0 Å². The molecule has 0 radical (unpaired) electrons. The van der Waals surface area contributed by atoms with Crippen molar-refractivity contribution in [2.24, 2.45) is 0 Å². The lowest BCUT2D eigenvalue weighted by molar-refractivity contribution is -0.924. The van der Waals surface area contributed by atoms with Crippen molar-refractivity contribution >= 4 is 23.4 Å². The van der Waals surface area contributed by atoms with Crippen LogP contribution in [0.2, 0.25) is 5.02 Å². The van der Waals surface area contributed by atoms with Crippen LogP contribution in [0.25, 0.3) is 11.5 Å². The fourth-order valence-corrected chi connectivity index (χ4v) is 4.26. The largest absolute Gasteiger partial charge is 0.411 e. The van der Waals surface area contributed by atoms with E-state index in [0.717, 1.165) is 42.6 Å². The monoisotopic (exact) mass is 416 g/mol. The summed E-state index contributed by atoms with van der Waals surface area (Å²) in [5.41, 5.74) is 3.33. The minimum Gasteiger partial charge on any atom is -0.411 e. The predicted molar refractivity (Wildman–Crippen MR) is 111 cm³/mol. The molecule has 5 nitrogen and oxygen atoms in total. The maximum Gasteiger partial charge on any atom is 0.276 e. The Morgan fingerprint density at radius 1 is 1.14 bits per heavy atom. The van der Waals surface area contributed by atoms with Gasteiger partial charge in [-0.25, -0.2) is 0 Å². The molecule has 1 aliphatic heterocycles. The van der Waals surface area contributed by atoms with Crippen LogP contribution in [0.5, 0.6) is 0 Å². The molecule has 2 atom stereocenters. The molecule has 0 saturated carbocycles. The smallest absolute Gasteiger partial charge is 0.276 e. The average molecular weight is 417 g/mol. The Morgan fingerprint density at radius 3 is 2.79 bits per heavy atom. The van der Waals surface area contributed by atoms with Gasteiger partial charge in [0.25, 0.3) is 5.22 Å². The van der Waals surface area contributed by atoms with Gasteiger partial charge in [0.2, 0.25) is 5.89 Å². The normalized spacial score (nSPS) is 19.6. The molecule has 1 N–H and O–H groups in total. The molecular weight excluding hydrogens is 394 g/mol. The molecule has 1 unspecified atom stereocenters. The fraction of sp³-hybridized carbons (Fsp3) is 0.333. The van der Waals surface area contributed by atoms with Crippen LogP contribution >= 0.6 is 23.4 Å². The van der Waals surface area contributed by atoms with Gasteiger partial charge in [0.05, 0.1) is 6.61 Å². The lowest BCUT2D eigenvalue weighted by Crippen LogP contribution is -3.13. The first-order valence-corrected chi connectivity index (χ1v) is 10.8. The molecule has 1 saturated heterocycles. The molecule has 0 aliphatic carbocycles.